The number of rotatable bonds is 7. The third kappa shape index (κ3) is 5.85. The molecule has 0 spiro atoms. The molecule has 3 amide bonds. The SMILES string of the molecule is COc1ccccc1NC(=O)C(=N\Nc1ccccc1)/C(C)=N/NC(N)=O. The van der Waals surface area contributed by atoms with Crippen LogP contribution in [0.5, 0.6) is 5.75 Å². The molecule has 2 aromatic carbocycles. The van der Waals surface area contributed by atoms with Gasteiger partial charge in [-0.05, 0) is 31.2 Å². The Morgan fingerprint density at radius 3 is 2.33 bits per heavy atom. The number of hydrogen-bond acceptors (Lipinski definition) is 6. The molecule has 0 heterocycles. The molecule has 0 fully saturated rings. The number of nitrogens with two attached hydrogens (primary N) is 1. The van der Waals surface area contributed by atoms with Crippen molar-refractivity contribution in [2.45, 2.75) is 6.92 Å². The average molecular weight is 368 g/mol. The van der Waals surface area contributed by atoms with Gasteiger partial charge in [-0.25, -0.2) is 10.2 Å². The summed E-state index contributed by atoms with van der Waals surface area (Å²) in [5.74, 6) is -0.0541. The quantitative estimate of drug-likeness (QED) is 0.440. The number of para-hydroxylation sites is 3. The molecule has 9 nitrogen and oxygen atoms in total. The number of hydrogen-bond donors (Lipinski definition) is 4. The summed E-state index contributed by atoms with van der Waals surface area (Å²) in [7, 11) is 1.50. The maximum Gasteiger partial charge on any atom is 0.332 e. The zero-order valence-electron chi connectivity index (χ0n) is 14.9. The lowest BCUT2D eigenvalue weighted by atomic mass is 10.2. The van der Waals surface area contributed by atoms with E-state index in [2.05, 4.69) is 26.4 Å². The summed E-state index contributed by atoms with van der Waals surface area (Å²) >= 11 is 0. The number of nitrogens with one attached hydrogen (secondary N) is 3. The third-order valence-electron chi connectivity index (χ3n) is 3.32. The monoisotopic (exact) mass is 368 g/mol. The van der Waals surface area contributed by atoms with Crippen LogP contribution in [0.3, 0.4) is 0 Å². The molecule has 5 N–H and O–H groups in total. The van der Waals surface area contributed by atoms with Crippen LogP contribution >= 0.6 is 0 Å². The fraction of sp³-hybridized carbons (Fsp3) is 0.111. The van der Waals surface area contributed by atoms with E-state index in [1.807, 2.05) is 18.2 Å². The van der Waals surface area contributed by atoms with Crippen molar-refractivity contribution in [1.82, 2.24) is 5.43 Å². The summed E-state index contributed by atoms with van der Waals surface area (Å²) < 4.78 is 5.22. The minimum atomic E-state index is -0.852. The van der Waals surface area contributed by atoms with E-state index in [0.717, 1.165) is 0 Å². The van der Waals surface area contributed by atoms with Gasteiger partial charge in [-0.2, -0.15) is 10.2 Å². The number of methoxy groups -OCH3 is 1. The first-order valence-electron chi connectivity index (χ1n) is 7.94. The minimum absolute atomic E-state index is 0.0430. The molecule has 0 unspecified atom stereocenters. The zero-order chi connectivity index (χ0) is 19.6. The Hall–Kier alpha value is -3.88. The summed E-state index contributed by atoms with van der Waals surface area (Å²) in [5, 5.41) is 10.6. The molecule has 0 saturated carbocycles. The molecule has 2 aromatic rings. The first kappa shape index (κ1) is 19.4. The zero-order valence-corrected chi connectivity index (χ0v) is 14.9. The molecular weight excluding hydrogens is 348 g/mol. The van der Waals surface area contributed by atoms with Crippen LogP contribution in [0.25, 0.3) is 0 Å². The Labute approximate surface area is 156 Å². The molecule has 0 aliphatic carbocycles. The lowest BCUT2D eigenvalue weighted by Gasteiger charge is -2.11. The standard InChI is InChI=1S/C18H20N6O3/c1-12(21-24-18(19)26)16(23-22-13-8-4-3-5-9-13)17(25)20-14-10-6-7-11-15(14)27-2/h3-11,22H,1-2H3,(H,20,25)(H3,19,24,26)/b21-12+,23-16-. The van der Waals surface area contributed by atoms with E-state index in [9.17, 15) is 9.59 Å². The number of carbonyl (C=O) groups is 2. The molecule has 140 valence electrons. The summed E-state index contributed by atoms with van der Waals surface area (Å²) in [5.41, 5.74) is 11.1. The highest BCUT2D eigenvalue weighted by Crippen LogP contribution is 2.23. The number of anilines is 2. The highest BCUT2D eigenvalue weighted by molar-refractivity contribution is 6.68. The highest BCUT2D eigenvalue weighted by Gasteiger charge is 2.18. The van der Waals surface area contributed by atoms with Crippen molar-refractivity contribution in [1.29, 1.82) is 0 Å². The highest BCUT2D eigenvalue weighted by atomic mass is 16.5. The Balaban J connectivity index is 2.28. The van der Waals surface area contributed by atoms with E-state index in [0.29, 0.717) is 17.1 Å². The number of nitrogens with zero attached hydrogens (tertiary/aromatic N) is 2. The molecule has 2 rings (SSSR count). The average Bonchev–Trinajstić information content (AvgIpc) is 2.67. The van der Waals surface area contributed by atoms with Crippen molar-refractivity contribution in [2.75, 3.05) is 17.9 Å². The second-order valence-electron chi connectivity index (χ2n) is 5.27. The minimum Gasteiger partial charge on any atom is -0.495 e. The van der Waals surface area contributed by atoms with Gasteiger partial charge in [0.1, 0.15) is 5.75 Å². The number of amides is 3. The molecule has 0 aliphatic heterocycles. The Bertz CT molecular complexity index is 864. The predicted molar refractivity (Wildman–Crippen MR) is 105 cm³/mol. The fourth-order valence-electron chi connectivity index (χ4n) is 2.05. The largest absolute Gasteiger partial charge is 0.495 e. The van der Waals surface area contributed by atoms with E-state index < -0.39 is 11.9 Å². The molecule has 27 heavy (non-hydrogen) atoms. The van der Waals surface area contributed by atoms with Crippen LogP contribution < -0.4 is 26.6 Å². The van der Waals surface area contributed by atoms with E-state index >= 15 is 0 Å². The number of carbonyl (C=O) groups excluding carboxylic acids is 2. The topological polar surface area (TPSA) is 130 Å². The predicted octanol–water partition coefficient (Wildman–Crippen LogP) is 2.15. The van der Waals surface area contributed by atoms with Crippen molar-refractivity contribution in [3.8, 4) is 5.75 Å². The van der Waals surface area contributed by atoms with Crippen LogP contribution in [0.4, 0.5) is 16.2 Å². The van der Waals surface area contributed by atoms with Crippen LogP contribution in [-0.2, 0) is 4.79 Å². The number of ether oxygens (including phenoxy) is 1. The van der Waals surface area contributed by atoms with Gasteiger partial charge in [0.25, 0.3) is 5.91 Å². The lowest BCUT2D eigenvalue weighted by Crippen LogP contribution is -2.33. The fourth-order valence-corrected chi connectivity index (χ4v) is 2.05. The van der Waals surface area contributed by atoms with E-state index in [1.165, 1.54) is 14.0 Å². The van der Waals surface area contributed by atoms with Crippen molar-refractivity contribution in [3.63, 3.8) is 0 Å². The van der Waals surface area contributed by atoms with Crippen LogP contribution in [0.15, 0.2) is 64.8 Å². The Kier molecular flexibility index (Phi) is 6.89. The second kappa shape index (κ2) is 9.56. The van der Waals surface area contributed by atoms with Crippen molar-refractivity contribution < 1.29 is 14.3 Å². The second-order valence-corrected chi connectivity index (χ2v) is 5.27. The Morgan fingerprint density at radius 2 is 1.67 bits per heavy atom. The van der Waals surface area contributed by atoms with E-state index in [4.69, 9.17) is 10.5 Å². The normalized spacial score (nSPS) is 11.5. The molecule has 0 saturated heterocycles. The number of primary amides is 1. The molecule has 0 radical (unpaired) electrons. The first-order valence-corrected chi connectivity index (χ1v) is 7.94. The summed E-state index contributed by atoms with van der Waals surface area (Å²) in [6, 6.07) is 15.2. The molecule has 9 heteroatoms. The maximum absolute atomic E-state index is 12.7. The van der Waals surface area contributed by atoms with Gasteiger partial charge in [0.2, 0.25) is 0 Å². The van der Waals surface area contributed by atoms with Crippen molar-refractivity contribution >= 4 is 34.7 Å². The summed E-state index contributed by atoms with van der Waals surface area (Å²) in [4.78, 5) is 23.6. The number of hydrazone groups is 2. The van der Waals surface area contributed by atoms with Crippen molar-refractivity contribution in [2.24, 2.45) is 15.9 Å². The molecule has 0 aromatic heterocycles. The van der Waals surface area contributed by atoms with Gasteiger partial charge in [0.05, 0.1) is 24.2 Å². The van der Waals surface area contributed by atoms with Crippen LogP contribution in [0.2, 0.25) is 0 Å². The smallest absolute Gasteiger partial charge is 0.332 e. The molecule has 0 bridgehead atoms. The molecular formula is C18H20N6O3. The Morgan fingerprint density at radius 1 is 1.00 bits per heavy atom. The van der Waals surface area contributed by atoms with E-state index in [-0.39, 0.29) is 11.4 Å². The summed E-state index contributed by atoms with van der Waals surface area (Å²) in [6.07, 6.45) is 0. The van der Waals surface area contributed by atoms with Gasteiger partial charge in [-0.3, -0.25) is 10.2 Å². The maximum atomic E-state index is 12.7. The van der Waals surface area contributed by atoms with Gasteiger partial charge < -0.3 is 15.8 Å². The third-order valence-corrected chi connectivity index (χ3v) is 3.32. The van der Waals surface area contributed by atoms with Crippen LogP contribution in [-0.4, -0.2) is 30.5 Å². The van der Waals surface area contributed by atoms with Gasteiger partial charge in [0.15, 0.2) is 5.71 Å². The van der Waals surface area contributed by atoms with Crippen LogP contribution in [0, 0.1) is 0 Å². The number of urea groups is 1. The van der Waals surface area contributed by atoms with Crippen molar-refractivity contribution in [3.05, 3.63) is 54.6 Å². The number of benzene rings is 2. The van der Waals surface area contributed by atoms with Gasteiger partial charge in [-0.15, -0.1) is 0 Å². The van der Waals surface area contributed by atoms with Gasteiger partial charge in [-0.1, -0.05) is 30.3 Å². The molecule has 0 atom stereocenters. The summed E-state index contributed by atoms with van der Waals surface area (Å²) in [6.45, 7) is 1.52. The van der Waals surface area contributed by atoms with E-state index in [1.54, 1.807) is 36.4 Å². The first-order chi connectivity index (χ1) is 13.0. The molecule has 0 aliphatic rings. The lowest BCUT2D eigenvalue weighted by molar-refractivity contribution is -0.110. The van der Waals surface area contributed by atoms with Gasteiger partial charge >= 0.3 is 6.03 Å². The van der Waals surface area contributed by atoms with Gasteiger partial charge in [0, 0.05) is 0 Å². The van der Waals surface area contributed by atoms with Crippen LogP contribution in [0.1, 0.15) is 6.92 Å².